The number of aryl methyl sites for hydroxylation is 1. The zero-order valence-corrected chi connectivity index (χ0v) is 21.4. The molecular weight excluding hydrogens is 462 g/mol. The number of aliphatic hydroxyl groups excluding tert-OH is 1. The van der Waals surface area contributed by atoms with Crippen molar-refractivity contribution in [3.63, 3.8) is 0 Å². The zero-order valence-electron chi connectivity index (χ0n) is 20.6. The largest absolute Gasteiger partial charge is 0.406 e. The van der Waals surface area contributed by atoms with Crippen molar-refractivity contribution in [1.82, 2.24) is 4.31 Å². The summed E-state index contributed by atoms with van der Waals surface area (Å²) in [6.07, 6.45) is 8.22. The average molecular weight is 498 g/mol. The summed E-state index contributed by atoms with van der Waals surface area (Å²) < 4.78 is 31.8. The number of carbonyl (C=O) groups is 1. The standard InChI is InChI=1S/C28H35NO5S/c1-23-18-20-26(21-19-23)35(32,33)29(3)24(2)34-28(31)27-17-13-12-16-25(27)15-11-9-7-5-4-6-8-10-14-22-30/h12-13,16-21,30H,2,4-10,14,22H2,1,3H3. The highest BCUT2D eigenvalue weighted by Crippen LogP contribution is 2.20. The van der Waals surface area contributed by atoms with E-state index in [4.69, 9.17) is 9.84 Å². The van der Waals surface area contributed by atoms with Crippen LogP contribution in [-0.4, -0.2) is 37.5 Å². The summed E-state index contributed by atoms with van der Waals surface area (Å²) in [5.74, 6) is 5.14. The smallest absolute Gasteiger partial charge is 0.346 e. The molecule has 188 valence electrons. The highest BCUT2D eigenvalue weighted by Gasteiger charge is 2.25. The van der Waals surface area contributed by atoms with E-state index in [1.807, 2.05) is 6.92 Å². The third-order valence-corrected chi connectivity index (χ3v) is 7.36. The predicted molar refractivity (Wildman–Crippen MR) is 138 cm³/mol. The molecule has 1 N–H and O–H groups in total. The van der Waals surface area contributed by atoms with Crippen molar-refractivity contribution in [2.24, 2.45) is 0 Å². The van der Waals surface area contributed by atoms with Crippen LogP contribution in [0.3, 0.4) is 0 Å². The Morgan fingerprint density at radius 1 is 0.971 bits per heavy atom. The number of benzene rings is 2. The average Bonchev–Trinajstić information content (AvgIpc) is 2.85. The van der Waals surface area contributed by atoms with Crippen LogP contribution in [-0.2, 0) is 14.8 Å². The number of carbonyl (C=O) groups excluding carboxylic acids is 1. The van der Waals surface area contributed by atoms with Crippen molar-refractivity contribution >= 4 is 16.0 Å². The summed E-state index contributed by atoms with van der Waals surface area (Å²) in [5, 5.41) is 8.79. The van der Waals surface area contributed by atoms with E-state index in [0.29, 0.717) is 5.56 Å². The van der Waals surface area contributed by atoms with Crippen molar-refractivity contribution in [2.75, 3.05) is 13.7 Å². The molecule has 0 saturated carbocycles. The number of hydrogen-bond acceptors (Lipinski definition) is 5. The maximum Gasteiger partial charge on any atom is 0.346 e. The fourth-order valence-electron chi connectivity index (χ4n) is 3.37. The Bertz CT molecular complexity index is 1140. The summed E-state index contributed by atoms with van der Waals surface area (Å²) in [6.45, 7) is 5.77. The lowest BCUT2D eigenvalue weighted by atomic mass is 10.1. The van der Waals surface area contributed by atoms with Crippen LogP contribution in [0.15, 0.2) is 65.9 Å². The predicted octanol–water partition coefficient (Wildman–Crippen LogP) is 5.41. The Balaban J connectivity index is 1.93. The lowest BCUT2D eigenvalue weighted by Crippen LogP contribution is -2.28. The summed E-state index contributed by atoms with van der Waals surface area (Å²) in [5.41, 5.74) is 1.72. The lowest BCUT2D eigenvalue weighted by molar-refractivity contribution is 0.0571. The zero-order chi connectivity index (χ0) is 25.7. The van der Waals surface area contributed by atoms with Crippen molar-refractivity contribution in [2.45, 2.75) is 63.2 Å². The number of esters is 1. The first-order chi connectivity index (χ1) is 16.8. The molecule has 0 aliphatic carbocycles. The van der Waals surface area contributed by atoms with Crippen molar-refractivity contribution in [1.29, 1.82) is 0 Å². The second kappa shape index (κ2) is 14.3. The van der Waals surface area contributed by atoms with Gasteiger partial charge < -0.3 is 9.84 Å². The van der Waals surface area contributed by atoms with Gasteiger partial charge in [-0.15, -0.1) is 0 Å². The van der Waals surface area contributed by atoms with Gasteiger partial charge in [0.05, 0.1) is 10.5 Å². The molecule has 2 rings (SSSR count). The quantitative estimate of drug-likeness (QED) is 0.173. The van der Waals surface area contributed by atoms with E-state index in [1.165, 1.54) is 25.6 Å². The molecule has 0 unspecified atom stereocenters. The summed E-state index contributed by atoms with van der Waals surface area (Å²) in [6, 6.07) is 13.2. The SMILES string of the molecule is C=C(OC(=O)c1ccccc1C#CCCCCCCCCCO)N(C)S(=O)(=O)c1ccc(C)cc1. The van der Waals surface area contributed by atoms with Crippen LogP contribution in [0.25, 0.3) is 0 Å². The molecule has 2 aromatic carbocycles. The molecule has 0 aliphatic heterocycles. The third-order valence-electron chi connectivity index (χ3n) is 5.57. The minimum absolute atomic E-state index is 0.0826. The van der Waals surface area contributed by atoms with Crippen LogP contribution in [0.5, 0.6) is 0 Å². The number of unbranched alkanes of at least 4 members (excludes halogenated alkanes) is 7. The maximum absolute atomic E-state index is 12.8. The van der Waals surface area contributed by atoms with Gasteiger partial charge in [-0.3, -0.25) is 0 Å². The first-order valence-electron chi connectivity index (χ1n) is 11.9. The first-order valence-corrected chi connectivity index (χ1v) is 13.4. The molecule has 0 bridgehead atoms. The Morgan fingerprint density at radius 2 is 1.57 bits per heavy atom. The van der Waals surface area contributed by atoms with Crippen LogP contribution in [0, 0.1) is 18.8 Å². The van der Waals surface area contributed by atoms with E-state index in [2.05, 4.69) is 18.4 Å². The summed E-state index contributed by atoms with van der Waals surface area (Å²) >= 11 is 0. The molecule has 2 aromatic rings. The molecule has 0 atom stereocenters. The number of rotatable bonds is 13. The molecule has 35 heavy (non-hydrogen) atoms. The van der Waals surface area contributed by atoms with E-state index in [9.17, 15) is 13.2 Å². The minimum atomic E-state index is -3.91. The van der Waals surface area contributed by atoms with Crippen molar-refractivity contribution in [3.8, 4) is 11.8 Å². The van der Waals surface area contributed by atoms with Crippen molar-refractivity contribution < 1.29 is 23.1 Å². The third kappa shape index (κ3) is 8.89. The second-order valence-electron chi connectivity index (χ2n) is 8.36. The fraction of sp³-hybridized carbons (Fsp3) is 0.393. The highest BCUT2D eigenvalue weighted by atomic mass is 32.2. The van der Waals surface area contributed by atoms with E-state index >= 15 is 0 Å². The topological polar surface area (TPSA) is 83.9 Å². The molecule has 0 aromatic heterocycles. The highest BCUT2D eigenvalue weighted by molar-refractivity contribution is 7.89. The van der Waals surface area contributed by atoms with Crippen LogP contribution in [0.1, 0.15) is 72.9 Å². The number of nitrogens with zero attached hydrogens (tertiary/aromatic N) is 1. The lowest BCUT2D eigenvalue weighted by Gasteiger charge is -2.21. The number of hydrogen-bond donors (Lipinski definition) is 1. The Labute approximate surface area is 209 Å². The van der Waals surface area contributed by atoms with Crippen molar-refractivity contribution in [3.05, 3.63) is 77.7 Å². The Kier molecular flexibility index (Phi) is 11.5. The van der Waals surface area contributed by atoms with Gasteiger partial charge in [0, 0.05) is 25.6 Å². The van der Waals surface area contributed by atoms with Gasteiger partial charge in [0.1, 0.15) is 0 Å². The van der Waals surface area contributed by atoms with Gasteiger partial charge in [-0.1, -0.05) is 73.8 Å². The van der Waals surface area contributed by atoms with E-state index < -0.39 is 16.0 Å². The molecule has 0 aliphatic rings. The Hall–Kier alpha value is -3.08. The van der Waals surface area contributed by atoms with Crippen LogP contribution in [0.4, 0.5) is 0 Å². The Morgan fingerprint density at radius 3 is 2.23 bits per heavy atom. The van der Waals surface area contributed by atoms with Gasteiger partial charge in [0.2, 0.25) is 5.88 Å². The summed E-state index contributed by atoms with van der Waals surface area (Å²) in [7, 11) is -2.61. The summed E-state index contributed by atoms with van der Waals surface area (Å²) in [4.78, 5) is 12.9. The second-order valence-corrected chi connectivity index (χ2v) is 10.3. The van der Waals surface area contributed by atoms with Gasteiger partial charge in [-0.05, 0) is 50.6 Å². The molecular formula is C28H35NO5S. The first kappa shape index (κ1) is 28.2. The van der Waals surface area contributed by atoms with E-state index in [-0.39, 0.29) is 22.9 Å². The van der Waals surface area contributed by atoms with Gasteiger partial charge in [0.15, 0.2) is 0 Å². The molecule has 7 heteroatoms. The molecule has 0 radical (unpaired) electrons. The maximum atomic E-state index is 12.8. The molecule has 0 fully saturated rings. The van der Waals surface area contributed by atoms with Crippen LogP contribution >= 0.6 is 0 Å². The number of ether oxygens (including phenoxy) is 1. The fourth-order valence-corrected chi connectivity index (χ4v) is 4.47. The van der Waals surface area contributed by atoms with E-state index in [1.54, 1.807) is 36.4 Å². The minimum Gasteiger partial charge on any atom is -0.406 e. The molecule has 0 amide bonds. The molecule has 6 nitrogen and oxygen atoms in total. The van der Waals surface area contributed by atoms with Gasteiger partial charge in [-0.2, -0.15) is 0 Å². The molecule has 0 heterocycles. The molecule has 0 spiro atoms. The van der Waals surface area contributed by atoms with E-state index in [0.717, 1.165) is 54.8 Å². The van der Waals surface area contributed by atoms with Gasteiger partial charge in [0.25, 0.3) is 10.0 Å². The number of aliphatic hydroxyl groups is 1. The van der Waals surface area contributed by atoms with Crippen LogP contribution in [0.2, 0.25) is 0 Å². The van der Waals surface area contributed by atoms with Gasteiger partial charge >= 0.3 is 5.97 Å². The monoisotopic (exact) mass is 497 g/mol. The van der Waals surface area contributed by atoms with Crippen LogP contribution < -0.4 is 0 Å². The molecule has 0 saturated heterocycles. The normalized spacial score (nSPS) is 10.8. The van der Waals surface area contributed by atoms with Gasteiger partial charge in [-0.25, -0.2) is 17.5 Å². The number of sulfonamides is 1.